The van der Waals surface area contributed by atoms with Crippen molar-refractivity contribution < 1.29 is 14.3 Å². The third-order valence-electron chi connectivity index (χ3n) is 3.80. The minimum absolute atomic E-state index is 0.228. The van der Waals surface area contributed by atoms with Gasteiger partial charge in [0.15, 0.2) is 17.3 Å². The summed E-state index contributed by atoms with van der Waals surface area (Å²) in [6.07, 6.45) is 0. The van der Waals surface area contributed by atoms with Crippen LogP contribution in [0.3, 0.4) is 0 Å². The summed E-state index contributed by atoms with van der Waals surface area (Å²) in [4.78, 5) is 12.5. The first-order valence-corrected chi connectivity index (χ1v) is 7.74. The number of rotatable bonds is 3. The van der Waals surface area contributed by atoms with Crippen LogP contribution in [0.4, 0.5) is 5.69 Å². The van der Waals surface area contributed by atoms with Gasteiger partial charge in [0.25, 0.3) is 5.91 Å². The zero-order valence-corrected chi connectivity index (χ0v) is 13.5. The van der Waals surface area contributed by atoms with Crippen molar-refractivity contribution in [1.82, 2.24) is 20.2 Å². The van der Waals surface area contributed by atoms with E-state index < -0.39 is 0 Å². The maximum atomic E-state index is 12.5. The van der Waals surface area contributed by atoms with Crippen LogP contribution in [0.5, 0.6) is 11.5 Å². The number of tetrazole rings is 1. The van der Waals surface area contributed by atoms with E-state index in [-0.39, 0.29) is 5.91 Å². The van der Waals surface area contributed by atoms with Crippen molar-refractivity contribution in [3.8, 4) is 22.9 Å². The fourth-order valence-electron chi connectivity index (χ4n) is 2.60. The molecule has 1 aromatic heterocycles. The van der Waals surface area contributed by atoms with Crippen LogP contribution < -0.4 is 14.8 Å². The second-order valence-electron chi connectivity index (χ2n) is 5.52. The molecule has 25 heavy (non-hydrogen) atoms. The lowest BCUT2D eigenvalue weighted by molar-refractivity contribution is 0.102. The number of aromatic nitrogens is 4. The fraction of sp³-hybridized carbons (Fsp3) is 0.176. The van der Waals surface area contributed by atoms with Crippen LogP contribution >= 0.6 is 0 Å². The molecule has 1 amide bonds. The Morgan fingerprint density at radius 3 is 2.76 bits per heavy atom. The van der Waals surface area contributed by atoms with Gasteiger partial charge in [0.1, 0.15) is 13.2 Å². The molecule has 2 heterocycles. The molecular weight excluding hydrogens is 322 g/mol. The molecule has 0 bridgehead atoms. The maximum absolute atomic E-state index is 12.5. The van der Waals surface area contributed by atoms with Gasteiger partial charge in [-0.05, 0) is 34.7 Å². The average molecular weight is 337 g/mol. The second kappa shape index (κ2) is 6.23. The standard InChI is InChI=1S/C17H15N5O3/c1-22-16(19-20-21-22)11-3-2-4-12(9-11)17(23)18-13-5-6-14-15(10-13)25-8-7-24-14/h2-6,9-10H,7-8H2,1H3,(H,18,23). The van der Waals surface area contributed by atoms with E-state index in [9.17, 15) is 4.79 Å². The quantitative estimate of drug-likeness (QED) is 0.785. The van der Waals surface area contributed by atoms with Crippen molar-refractivity contribution in [2.45, 2.75) is 0 Å². The van der Waals surface area contributed by atoms with Crippen molar-refractivity contribution in [3.05, 3.63) is 48.0 Å². The molecule has 8 nitrogen and oxygen atoms in total. The van der Waals surface area contributed by atoms with Crippen LogP contribution in [0.2, 0.25) is 0 Å². The first-order chi connectivity index (χ1) is 12.2. The lowest BCUT2D eigenvalue weighted by Crippen LogP contribution is -2.16. The van der Waals surface area contributed by atoms with Gasteiger partial charge in [-0.2, -0.15) is 0 Å². The molecule has 1 N–H and O–H groups in total. The molecule has 1 aliphatic rings. The highest BCUT2D eigenvalue weighted by Crippen LogP contribution is 2.32. The number of amides is 1. The zero-order chi connectivity index (χ0) is 17.2. The van der Waals surface area contributed by atoms with Gasteiger partial charge < -0.3 is 14.8 Å². The number of hydrogen-bond acceptors (Lipinski definition) is 6. The number of fused-ring (bicyclic) bond motifs is 1. The van der Waals surface area contributed by atoms with E-state index in [1.165, 1.54) is 0 Å². The Labute approximate surface area is 143 Å². The Hall–Kier alpha value is -3.42. The number of nitrogens with zero attached hydrogens (tertiary/aromatic N) is 4. The third-order valence-corrected chi connectivity index (χ3v) is 3.80. The SMILES string of the molecule is Cn1nnnc1-c1cccc(C(=O)Nc2ccc3c(c2)OCCO3)c1. The lowest BCUT2D eigenvalue weighted by atomic mass is 10.1. The molecule has 0 radical (unpaired) electrons. The molecule has 0 fully saturated rings. The fourth-order valence-corrected chi connectivity index (χ4v) is 2.60. The van der Waals surface area contributed by atoms with E-state index in [2.05, 4.69) is 20.8 Å². The summed E-state index contributed by atoms with van der Waals surface area (Å²) in [5.41, 5.74) is 1.91. The summed E-state index contributed by atoms with van der Waals surface area (Å²) in [6.45, 7) is 1.03. The van der Waals surface area contributed by atoms with Crippen LogP contribution in [0.25, 0.3) is 11.4 Å². The first kappa shape index (κ1) is 15.1. The molecule has 4 rings (SSSR count). The van der Waals surface area contributed by atoms with E-state index in [1.807, 2.05) is 6.07 Å². The zero-order valence-electron chi connectivity index (χ0n) is 13.5. The normalized spacial score (nSPS) is 12.7. The smallest absolute Gasteiger partial charge is 0.255 e. The van der Waals surface area contributed by atoms with E-state index in [4.69, 9.17) is 9.47 Å². The third kappa shape index (κ3) is 3.01. The number of carbonyl (C=O) groups is 1. The highest BCUT2D eigenvalue weighted by Gasteiger charge is 2.14. The number of hydrogen-bond donors (Lipinski definition) is 1. The Kier molecular flexibility index (Phi) is 3.77. The van der Waals surface area contributed by atoms with Gasteiger partial charge in [0.05, 0.1) is 0 Å². The molecule has 0 aliphatic carbocycles. The number of nitrogens with one attached hydrogen (secondary N) is 1. The van der Waals surface area contributed by atoms with E-state index in [0.29, 0.717) is 41.8 Å². The van der Waals surface area contributed by atoms with Crippen LogP contribution in [-0.4, -0.2) is 39.3 Å². The molecule has 1 aliphatic heterocycles. The van der Waals surface area contributed by atoms with Crippen LogP contribution in [0, 0.1) is 0 Å². The Morgan fingerprint density at radius 1 is 1.12 bits per heavy atom. The molecule has 2 aromatic carbocycles. The van der Waals surface area contributed by atoms with Crippen LogP contribution in [0.15, 0.2) is 42.5 Å². The van der Waals surface area contributed by atoms with Gasteiger partial charge in [0, 0.05) is 29.9 Å². The first-order valence-electron chi connectivity index (χ1n) is 7.74. The molecule has 126 valence electrons. The summed E-state index contributed by atoms with van der Waals surface area (Å²) in [5.74, 6) is 1.67. The maximum Gasteiger partial charge on any atom is 0.255 e. The van der Waals surface area contributed by atoms with Gasteiger partial charge in [-0.15, -0.1) is 5.10 Å². The molecule has 0 unspecified atom stereocenters. The van der Waals surface area contributed by atoms with Gasteiger partial charge >= 0.3 is 0 Å². The molecule has 8 heteroatoms. The van der Waals surface area contributed by atoms with Crippen molar-refractivity contribution >= 4 is 11.6 Å². The predicted octanol–water partition coefficient (Wildman–Crippen LogP) is 1.90. The summed E-state index contributed by atoms with van der Waals surface area (Å²) < 4.78 is 12.6. The Balaban J connectivity index is 1.56. The monoisotopic (exact) mass is 337 g/mol. The van der Waals surface area contributed by atoms with Gasteiger partial charge in [-0.25, -0.2) is 4.68 Å². The Bertz CT molecular complexity index is 938. The highest BCUT2D eigenvalue weighted by molar-refractivity contribution is 6.05. The van der Waals surface area contributed by atoms with Crippen molar-refractivity contribution in [3.63, 3.8) is 0 Å². The topological polar surface area (TPSA) is 91.2 Å². The van der Waals surface area contributed by atoms with Crippen molar-refractivity contribution in [2.75, 3.05) is 18.5 Å². The molecular formula is C17H15N5O3. The average Bonchev–Trinajstić information content (AvgIpc) is 3.08. The molecule has 0 spiro atoms. The number of aryl methyl sites for hydroxylation is 1. The minimum atomic E-state index is -0.228. The lowest BCUT2D eigenvalue weighted by Gasteiger charge is -2.19. The second-order valence-corrected chi connectivity index (χ2v) is 5.52. The number of anilines is 1. The van der Waals surface area contributed by atoms with Gasteiger partial charge in [-0.3, -0.25) is 4.79 Å². The van der Waals surface area contributed by atoms with Crippen molar-refractivity contribution in [2.24, 2.45) is 7.05 Å². The van der Waals surface area contributed by atoms with E-state index in [1.54, 1.807) is 48.1 Å². The largest absolute Gasteiger partial charge is 0.486 e. The predicted molar refractivity (Wildman–Crippen MR) is 89.6 cm³/mol. The van der Waals surface area contributed by atoms with Gasteiger partial charge in [0.2, 0.25) is 0 Å². The van der Waals surface area contributed by atoms with Crippen LogP contribution in [0.1, 0.15) is 10.4 Å². The highest BCUT2D eigenvalue weighted by atomic mass is 16.6. The van der Waals surface area contributed by atoms with Crippen molar-refractivity contribution in [1.29, 1.82) is 0 Å². The summed E-state index contributed by atoms with van der Waals surface area (Å²) in [7, 11) is 1.75. The summed E-state index contributed by atoms with van der Waals surface area (Å²) in [5, 5.41) is 14.2. The minimum Gasteiger partial charge on any atom is -0.486 e. The van der Waals surface area contributed by atoms with Crippen LogP contribution in [-0.2, 0) is 7.05 Å². The molecule has 3 aromatic rings. The summed E-state index contributed by atoms with van der Waals surface area (Å²) in [6, 6.07) is 12.4. The van der Waals surface area contributed by atoms with E-state index in [0.717, 1.165) is 5.56 Å². The Morgan fingerprint density at radius 2 is 1.96 bits per heavy atom. The number of benzene rings is 2. The van der Waals surface area contributed by atoms with Gasteiger partial charge in [-0.1, -0.05) is 12.1 Å². The van der Waals surface area contributed by atoms with E-state index >= 15 is 0 Å². The molecule has 0 saturated carbocycles. The number of carbonyl (C=O) groups excluding carboxylic acids is 1. The molecule has 0 saturated heterocycles. The summed E-state index contributed by atoms with van der Waals surface area (Å²) >= 11 is 0. The number of ether oxygens (including phenoxy) is 2. The molecule has 0 atom stereocenters.